The fourth-order valence-electron chi connectivity index (χ4n) is 1.36. The molecule has 1 rings (SSSR count). The molecule has 106 valence electrons. The molecule has 0 unspecified atom stereocenters. The Balaban J connectivity index is 3.05. The van der Waals surface area contributed by atoms with Crippen LogP contribution in [0.3, 0.4) is 0 Å². The first-order chi connectivity index (χ1) is 8.67. The minimum absolute atomic E-state index is 0.00738. The van der Waals surface area contributed by atoms with Crippen LogP contribution >= 0.6 is 11.8 Å². The quantitative estimate of drug-likeness (QED) is 0.606. The number of benzene rings is 1. The van der Waals surface area contributed by atoms with Crippen molar-refractivity contribution in [2.75, 3.05) is 0 Å². The molecular formula is C11H9F5O2S. The zero-order valence-corrected chi connectivity index (χ0v) is 10.4. The lowest BCUT2D eigenvalue weighted by atomic mass is 10.1. The fourth-order valence-corrected chi connectivity index (χ4v) is 2.01. The Morgan fingerprint density at radius 3 is 2.47 bits per heavy atom. The summed E-state index contributed by atoms with van der Waals surface area (Å²) in [5.74, 6) is -0.656. The average molecular weight is 300 g/mol. The molecule has 0 aliphatic rings. The number of carbonyl (C=O) groups is 1. The van der Waals surface area contributed by atoms with Crippen LogP contribution in [0.4, 0.5) is 22.0 Å². The molecule has 19 heavy (non-hydrogen) atoms. The molecule has 0 saturated heterocycles. The maximum Gasteiger partial charge on any atom is 0.446 e. The third kappa shape index (κ3) is 5.91. The Morgan fingerprint density at radius 1 is 1.37 bits per heavy atom. The molecule has 0 aliphatic heterocycles. The van der Waals surface area contributed by atoms with E-state index >= 15 is 0 Å². The third-order valence-electron chi connectivity index (χ3n) is 1.92. The van der Waals surface area contributed by atoms with Crippen molar-refractivity contribution >= 4 is 17.5 Å². The van der Waals surface area contributed by atoms with Crippen molar-refractivity contribution in [1.29, 1.82) is 0 Å². The molecule has 0 heterocycles. The van der Waals surface area contributed by atoms with Gasteiger partial charge in [-0.1, -0.05) is 0 Å². The van der Waals surface area contributed by atoms with Crippen molar-refractivity contribution in [3.63, 3.8) is 0 Å². The van der Waals surface area contributed by atoms with Gasteiger partial charge in [0.2, 0.25) is 0 Å². The highest BCUT2D eigenvalue weighted by atomic mass is 32.2. The zero-order valence-electron chi connectivity index (χ0n) is 9.63. The summed E-state index contributed by atoms with van der Waals surface area (Å²) in [5, 5.41) is 0. The maximum atomic E-state index is 12.3. The Bertz CT molecular complexity index is 459. The standard InChI is InChI=1S/C11H9F5O2S/c1-6(17)4-7-5-8(18-10(12)13)2-3-9(7)19-11(14,15)16/h2-3,5,10H,4H2,1H3. The summed E-state index contributed by atoms with van der Waals surface area (Å²) >= 11 is -0.398. The first-order valence-corrected chi connectivity index (χ1v) is 5.82. The Labute approximate surface area is 109 Å². The fraction of sp³-hybridized carbons (Fsp3) is 0.364. The number of carbonyl (C=O) groups excluding carboxylic acids is 1. The van der Waals surface area contributed by atoms with Gasteiger partial charge in [0.25, 0.3) is 0 Å². The van der Waals surface area contributed by atoms with Crippen LogP contribution in [0.1, 0.15) is 12.5 Å². The van der Waals surface area contributed by atoms with Gasteiger partial charge in [-0.15, -0.1) is 0 Å². The molecule has 0 aromatic heterocycles. The molecule has 0 atom stereocenters. The molecule has 0 aliphatic carbocycles. The van der Waals surface area contributed by atoms with Gasteiger partial charge in [0.05, 0.1) is 0 Å². The first kappa shape index (κ1) is 15.7. The maximum absolute atomic E-state index is 12.3. The van der Waals surface area contributed by atoms with E-state index in [9.17, 15) is 26.7 Å². The lowest BCUT2D eigenvalue weighted by Crippen LogP contribution is -2.06. The molecule has 0 radical (unpaired) electrons. The average Bonchev–Trinajstić information content (AvgIpc) is 2.18. The molecular weight excluding hydrogens is 291 g/mol. The predicted octanol–water partition coefficient (Wildman–Crippen LogP) is 4.03. The second-order valence-electron chi connectivity index (χ2n) is 3.57. The number of ether oxygens (including phenoxy) is 1. The van der Waals surface area contributed by atoms with Gasteiger partial charge in [-0.25, -0.2) is 0 Å². The normalized spacial score (nSPS) is 11.7. The minimum Gasteiger partial charge on any atom is -0.435 e. The summed E-state index contributed by atoms with van der Waals surface area (Å²) in [6.07, 6.45) is -0.279. The van der Waals surface area contributed by atoms with E-state index < -0.39 is 23.9 Å². The highest BCUT2D eigenvalue weighted by Gasteiger charge is 2.30. The second-order valence-corrected chi connectivity index (χ2v) is 4.68. The van der Waals surface area contributed by atoms with Crippen molar-refractivity contribution in [1.82, 2.24) is 0 Å². The number of hydrogen-bond donors (Lipinski definition) is 0. The largest absolute Gasteiger partial charge is 0.446 e. The number of ketones is 1. The number of hydrogen-bond acceptors (Lipinski definition) is 3. The zero-order chi connectivity index (χ0) is 14.6. The van der Waals surface area contributed by atoms with E-state index in [0.717, 1.165) is 18.2 Å². The summed E-state index contributed by atoms with van der Waals surface area (Å²) < 4.78 is 65.0. The summed E-state index contributed by atoms with van der Waals surface area (Å²) in [4.78, 5) is 10.8. The molecule has 0 spiro atoms. The van der Waals surface area contributed by atoms with Gasteiger partial charge < -0.3 is 4.74 Å². The van der Waals surface area contributed by atoms with Crippen LogP contribution in [0.25, 0.3) is 0 Å². The van der Waals surface area contributed by atoms with Crippen molar-refractivity contribution in [2.45, 2.75) is 30.4 Å². The van der Waals surface area contributed by atoms with Crippen LogP contribution < -0.4 is 4.74 Å². The predicted molar refractivity (Wildman–Crippen MR) is 59.4 cm³/mol. The molecule has 0 N–H and O–H groups in total. The summed E-state index contributed by atoms with van der Waals surface area (Å²) in [7, 11) is 0. The Kier molecular flexibility index (Phi) is 5.16. The third-order valence-corrected chi connectivity index (χ3v) is 2.77. The van der Waals surface area contributed by atoms with E-state index in [4.69, 9.17) is 0 Å². The number of alkyl halides is 5. The van der Waals surface area contributed by atoms with Crippen LogP contribution in [0.2, 0.25) is 0 Å². The molecule has 8 heteroatoms. The van der Waals surface area contributed by atoms with Crippen molar-refractivity contribution < 1.29 is 31.5 Å². The van der Waals surface area contributed by atoms with Gasteiger partial charge >= 0.3 is 12.1 Å². The number of halogens is 5. The van der Waals surface area contributed by atoms with Gasteiger partial charge in [0, 0.05) is 11.3 Å². The van der Waals surface area contributed by atoms with E-state index in [1.807, 2.05) is 0 Å². The summed E-state index contributed by atoms with van der Waals surface area (Å²) in [6, 6.07) is 3.03. The number of Topliss-reactive ketones (excluding diaryl/α,β-unsaturated/α-hetero) is 1. The highest BCUT2D eigenvalue weighted by molar-refractivity contribution is 8.00. The van der Waals surface area contributed by atoms with Crippen LogP contribution in [0.5, 0.6) is 5.75 Å². The van der Waals surface area contributed by atoms with E-state index in [2.05, 4.69) is 4.74 Å². The van der Waals surface area contributed by atoms with Gasteiger partial charge in [0.1, 0.15) is 11.5 Å². The summed E-state index contributed by atoms with van der Waals surface area (Å²) in [6.45, 7) is -1.88. The van der Waals surface area contributed by atoms with Crippen LogP contribution in [0.15, 0.2) is 23.1 Å². The SMILES string of the molecule is CC(=O)Cc1cc(OC(F)F)ccc1SC(F)(F)F. The van der Waals surface area contributed by atoms with Crippen molar-refractivity contribution in [3.05, 3.63) is 23.8 Å². The number of thioether (sulfide) groups is 1. The van der Waals surface area contributed by atoms with Gasteiger partial charge in [-0.2, -0.15) is 22.0 Å². The highest BCUT2D eigenvalue weighted by Crippen LogP contribution is 2.39. The molecule has 0 fully saturated rings. The van der Waals surface area contributed by atoms with Gasteiger partial charge in [0.15, 0.2) is 0 Å². The molecule has 0 bridgehead atoms. The van der Waals surface area contributed by atoms with Gasteiger partial charge in [-0.3, -0.25) is 4.79 Å². The monoisotopic (exact) mass is 300 g/mol. The Morgan fingerprint density at radius 2 is 2.00 bits per heavy atom. The first-order valence-electron chi connectivity index (χ1n) is 5.00. The van der Waals surface area contributed by atoms with Crippen LogP contribution in [-0.4, -0.2) is 17.9 Å². The Hall–Kier alpha value is -1.31. The lowest BCUT2D eigenvalue weighted by molar-refractivity contribution is -0.116. The van der Waals surface area contributed by atoms with Gasteiger partial charge in [-0.05, 0) is 42.4 Å². The van der Waals surface area contributed by atoms with Crippen LogP contribution in [-0.2, 0) is 11.2 Å². The summed E-state index contributed by atoms with van der Waals surface area (Å²) in [5.41, 5.74) is -4.51. The van der Waals surface area contributed by atoms with E-state index in [-0.39, 0.29) is 28.4 Å². The number of rotatable bonds is 5. The molecule has 0 amide bonds. The lowest BCUT2D eigenvalue weighted by Gasteiger charge is -2.12. The van der Waals surface area contributed by atoms with Crippen molar-refractivity contribution in [2.24, 2.45) is 0 Å². The minimum atomic E-state index is -4.52. The smallest absolute Gasteiger partial charge is 0.435 e. The van der Waals surface area contributed by atoms with Crippen molar-refractivity contribution in [3.8, 4) is 5.75 Å². The van der Waals surface area contributed by atoms with E-state index in [0.29, 0.717) is 0 Å². The van der Waals surface area contributed by atoms with Crippen LogP contribution in [0, 0.1) is 0 Å². The molecule has 2 nitrogen and oxygen atoms in total. The van der Waals surface area contributed by atoms with E-state index in [1.165, 1.54) is 6.92 Å². The topological polar surface area (TPSA) is 26.3 Å². The van der Waals surface area contributed by atoms with E-state index in [1.54, 1.807) is 0 Å². The molecule has 0 saturated carbocycles. The molecule has 1 aromatic carbocycles. The second kappa shape index (κ2) is 6.23. The molecule has 1 aromatic rings.